The molecule has 1 amide bonds. The van der Waals surface area contributed by atoms with E-state index in [4.69, 9.17) is 4.74 Å². The second-order valence-electron chi connectivity index (χ2n) is 5.60. The minimum Gasteiger partial charge on any atom is -0.465 e. The summed E-state index contributed by atoms with van der Waals surface area (Å²) in [5.74, 6) is -0.659. The van der Waals surface area contributed by atoms with E-state index in [1.54, 1.807) is 13.8 Å². The number of aliphatic hydroxyl groups excluding tert-OH is 1. The Morgan fingerprint density at radius 1 is 1.24 bits per heavy atom. The minimum absolute atomic E-state index is 0.0745. The van der Waals surface area contributed by atoms with Crippen LogP contribution in [0.2, 0.25) is 0 Å². The maximum Gasteiger partial charge on any atom is 0.339 e. The van der Waals surface area contributed by atoms with Gasteiger partial charge in [0.05, 0.1) is 18.8 Å². The van der Waals surface area contributed by atoms with Gasteiger partial charge in [-0.05, 0) is 45.1 Å². The Morgan fingerprint density at radius 2 is 1.86 bits per heavy atom. The first kappa shape index (κ1) is 15.6. The number of aryl methyl sites for hydroxylation is 1. The average molecular weight is 294 g/mol. The summed E-state index contributed by atoms with van der Waals surface area (Å²) in [6, 6.07) is 0.0745. The molecule has 0 radical (unpaired) electrons. The van der Waals surface area contributed by atoms with Crippen LogP contribution in [0.3, 0.4) is 0 Å². The Labute approximate surface area is 123 Å². The summed E-state index contributed by atoms with van der Waals surface area (Å²) in [6.07, 6.45) is 2.71. The Balaban J connectivity index is 2.11. The number of carbonyl (C=O) groups is 2. The van der Waals surface area contributed by atoms with Gasteiger partial charge in [-0.15, -0.1) is 0 Å². The van der Waals surface area contributed by atoms with Crippen molar-refractivity contribution in [3.8, 4) is 0 Å². The smallest absolute Gasteiger partial charge is 0.339 e. The highest BCUT2D eigenvalue weighted by Crippen LogP contribution is 2.21. The van der Waals surface area contributed by atoms with Gasteiger partial charge in [0.25, 0.3) is 5.91 Å². The van der Waals surface area contributed by atoms with Crippen LogP contribution in [0.1, 0.15) is 57.8 Å². The normalized spacial score (nSPS) is 21.9. The Hall–Kier alpha value is -1.82. The lowest BCUT2D eigenvalue weighted by Gasteiger charge is -2.26. The molecule has 2 rings (SSSR count). The molecule has 21 heavy (non-hydrogen) atoms. The molecule has 0 saturated heterocycles. The SMILES string of the molecule is COC(=O)c1c(C)[nH]c(C(=O)NC2CCC(O)CC2)c1C. The minimum atomic E-state index is -0.443. The van der Waals surface area contributed by atoms with Gasteiger partial charge >= 0.3 is 5.97 Å². The van der Waals surface area contributed by atoms with E-state index < -0.39 is 5.97 Å². The molecule has 116 valence electrons. The first-order valence-electron chi connectivity index (χ1n) is 7.20. The quantitative estimate of drug-likeness (QED) is 0.736. The molecule has 3 N–H and O–H groups in total. The Bertz CT molecular complexity index is 542. The molecular formula is C15H22N2O4. The molecular weight excluding hydrogens is 272 g/mol. The number of nitrogens with one attached hydrogen (secondary N) is 2. The monoisotopic (exact) mass is 294 g/mol. The molecule has 1 aromatic heterocycles. The zero-order chi connectivity index (χ0) is 15.6. The number of H-pyrrole nitrogens is 1. The van der Waals surface area contributed by atoms with E-state index in [1.807, 2.05) is 0 Å². The van der Waals surface area contributed by atoms with Crippen molar-refractivity contribution < 1.29 is 19.4 Å². The van der Waals surface area contributed by atoms with Crippen LogP contribution in [0, 0.1) is 13.8 Å². The average Bonchev–Trinajstić information content (AvgIpc) is 2.76. The number of aliphatic hydroxyl groups is 1. The second-order valence-corrected chi connectivity index (χ2v) is 5.60. The van der Waals surface area contributed by atoms with Crippen LogP contribution in [-0.2, 0) is 4.74 Å². The molecule has 6 heteroatoms. The molecule has 1 aliphatic carbocycles. The maximum absolute atomic E-state index is 12.3. The van der Waals surface area contributed by atoms with E-state index in [-0.39, 0.29) is 18.1 Å². The number of amides is 1. The largest absolute Gasteiger partial charge is 0.465 e. The molecule has 1 aliphatic rings. The molecule has 1 fully saturated rings. The molecule has 0 aliphatic heterocycles. The van der Waals surface area contributed by atoms with Crippen LogP contribution in [0.15, 0.2) is 0 Å². The number of hydrogen-bond acceptors (Lipinski definition) is 4. The summed E-state index contributed by atoms with van der Waals surface area (Å²) in [4.78, 5) is 27.0. The van der Waals surface area contributed by atoms with Gasteiger partial charge in [-0.25, -0.2) is 4.79 Å². The number of carbonyl (C=O) groups excluding carboxylic acids is 2. The highest BCUT2D eigenvalue weighted by atomic mass is 16.5. The van der Waals surface area contributed by atoms with Gasteiger partial charge in [0.15, 0.2) is 0 Å². The van der Waals surface area contributed by atoms with Crippen LogP contribution in [-0.4, -0.2) is 41.2 Å². The summed E-state index contributed by atoms with van der Waals surface area (Å²) in [7, 11) is 1.32. The van der Waals surface area contributed by atoms with Gasteiger partial charge in [0.2, 0.25) is 0 Å². The number of esters is 1. The fourth-order valence-corrected chi connectivity index (χ4v) is 2.86. The van der Waals surface area contributed by atoms with Crippen molar-refractivity contribution in [2.45, 2.75) is 51.7 Å². The summed E-state index contributed by atoms with van der Waals surface area (Å²) in [5.41, 5.74) is 2.05. The summed E-state index contributed by atoms with van der Waals surface area (Å²) in [5, 5.41) is 12.4. The van der Waals surface area contributed by atoms with E-state index in [0.29, 0.717) is 35.4 Å². The fraction of sp³-hybridized carbons (Fsp3) is 0.600. The molecule has 0 atom stereocenters. The molecule has 6 nitrogen and oxygen atoms in total. The lowest BCUT2D eigenvalue weighted by Crippen LogP contribution is -2.39. The van der Waals surface area contributed by atoms with Crippen molar-refractivity contribution in [2.24, 2.45) is 0 Å². The molecule has 0 aromatic carbocycles. The molecule has 1 aromatic rings. The first-order valence-corrected chi connectivity index (χ1v) is 7.20. The van der Waals surface area contributed by atoms with Crippen molar-refractivity contribution >= 4 is 11.9 Å². The molecule has 0 bridgehead atoms. The van der Waals surface area contributed by atoms with Crippen LogP contribution >= 0.6 is 0 Å². The lowest BCUT2D eigenvalue weighted by molar-refractivity contribution is 0.0599. The van der Waals surface area contributed by atoms with E-state index in [2.05, 4.69) is 10.3 Å². The van der Waals surface area contributed by atoms with E-state index in [1.165, 1.54) is 7.11 Å². The number of hydrogen-bond donors (Lipinski definition) is 3. The number of methoxy groups -OCH3 is 1. The van der Waals surface area contributed by atoms with Crippen molar-refractivity contribution in [3.63, 3.8) is 0 Å². The van der Waals surface area contributed by atoms with Gasteiger partial charge in [-0.1, -0.05) is 0 Å². The van der Waals surface area contributed by atoms with Gasteiger partial charge < -0.3 is 20.1 Å². The summed E-state index contributed by atoms with van der Waals surface area (Å²) >= 11 is 0. The maximum atomic E-state index is 12.3. The Morgan fingerprint density at radius 3 is 2.43 bits per heavy atom. The predicted molar refractivity (Wildman–Crippen MR) is 77.3 cm³/mol. The predicted octanol–water partition coefficient (Wildman–Crippen LogP) is 1.45. The van der Waals surface area contributed by atoms with Crippen molar-refractivity contribution in [1.82, 2.24) is 10.3 Å². The molecule has 0 unspecified atom stereocenters. The van der Waals surface area contributed by atoms with Gasteiger partial charge in [0, 0.05) is 11.7 Å². The lowest BCUT2D eigenvalue weighted by atomic mass is 9.93. The first-order chi connectivity index (χ1) is 9.93. The zero-order valence-corrected chi connectivity index (χ0v) is 12.7. The second kappa shape index (κ2) is 6.30. The van der Waals surface area contributed by atoms with Crippen molar-refractivity contribution in [3.05, 3.63) is 22.5 Å². The highest BCUT2D eigenvalue weighted by Gasteiger charge is 2.25. The van der Waals surface area contributed by atoms with E-state index >= 15 is 0 Å². The van der Waals surface area contributed by atoms with Gasteiger partial charge in [-0.3, -0.25) is 4.79 Å². The van der Waals surface area contributed by atoms with Crippen LogP contribution in [0.5, 0.6) is 0 Å². The van der Waals surface area contributed by atoms with Gasteiger partial charge in [-0.2, -0.15) is 0 Å². The fourth-order valence-electron chi connectivity index (χ4n) is 2.86. The third-order valence-electron chi connectivity index (χ3n) is 4.09. The summed E-state index contributed by atoms with van der Waals surface area (Å²) < 4.78 is 4.73. The third-order valence-corrected chi connectivity index (χ3v) is 4.09. The standard InChI is InChI=1S/C15H22N2O4/c1-8-12(15(20)21-3)9(2)16-13(8)14(19)17-10-4-6-11(18)7-5-10/h10-11,16,18H,4-7H2,1-3H3,(H,17,19). The summed E-state index contributed by atoms with van der Waals surface area (Å²) in [6.45, 7) is 3.47. The topological polar surface area (TPSA) is 91.4 Å². The molecule has 1 saturated carbocycles. The van der Waals surface area contributed by atoms with Crippen LogP contribution < -0.4 is 5.32 Å². The molecule has 0 spiro atoms. The third kappa shape index (κ3) is 3.26. The van der Waals surface area contributed by atoms with E-state index in [9.17, 15) is 14.7 Å². The van der Waals surface area contributed by atoms with Crippen LogP contribution in [0.25, 0.3) is 0 Å². The zero-order valence-electron chi connectivity index (χ0n) is 12.7. The highest BCUT2D eigenvalue weighted by molar-refractivity contribution is 6.00. The van der Waals surface area contributed by atoms with Gasteiger partial charge in [0.1, 0.15) is 5.69 Å². The Kier molecular flexibility index (Phi) is 4.67. The number of ether oxygens (including phenoxy) is 1. The number of aromatic amines is 1. The van der Waals surface area contributed by atoms with Crippen LogP contribution in [0.4, 0.5) is 0 Å². The van der Waals surface area contributed by atoms with Crippen molar-refractivity contribution in [1.29, 1.82) is 0 Å². The molecule has 1 heterocycles. The number of rotatable bonds is 3. The van der Waals surface area contributed by atoms with Crippen molar-refractivity contribution in [2.75, 3.05) is 7.11 Å². The number of aromatic nitrogens is 1. The van der Waals surface area contributed by atoms with E-state index in [0.717, 1.165) is 12.8 Å².